The van der Waals surface area contributed by atoms with Crippen LogP contribution in [0.1, 0.15) is 25.0 Å². The monoisotopic (exact) mass is 447 g/mol. The number of halogens is 1. The molecule has 0 bridgehead atoms. The molecule has 0 N–H and O–H groups in total. The minimum Gasteiger partial charge on any atom is -0.490 e. The summed E-state index contributed by atoms with van der Waals surface area (Å²) in [6.07, 6.45) is 1.97. The molecule has 3 nitrogen and oxygen atoms in total. The summed E-state index contributed by atoms with van der Waals surface area (Å²) in [6, 6.07) is 15.6. The summed E-state index contributed by atoms with van der Waals surface area (Å²) in [5.41, 5.74) is 1.98. The highest BCUT2D eigenvalue weighted by Crippen LogP contribution is 2.35. The van der Waals surface area contributed by atoms with Crippen LogP contribution in [0.2, 0.25) is 0 Å². The van der Waals surface area contributed by atoms with Gasteiger partial charge in [0.2, 0.25) is 0 Å². The number of hydrogen-bond donors (Lipinski definition) is 0. The lowest BCUT2D eigenvalue weighted by atomic mass is 10.2. The van der Waals surface area contributed by atoms with Crippen molar-refractivity contribution in [1.82, 2.24) is 4.90 Å². The van der Waals surface area contributed by atoms with Crippen LogP contribution in [0.15, 0.2) is 57.9 Å². The summed E-state index contributed by atoms with van der Waals surface area (Å²) in [6.45, 7) is 4.46. The van der Waals surface area contributed by atoms with Crippen molar-refractivity contribution in [3.8, 4) is 5.75 Å². The highest BCUT2D eigenvalue weighted by atomic mass is 79.9. The van der Waals surface area contributed by atoms with Gasteiger partial charge >= 0.3 is 0 Å². The minimum absolute atomic E-state index is 0.0533. The topological polar surface area (TPSA) is 29.5 Å². The zero-order valence-corrected chi connectivity index (χ0v) is 17.7. The van der Waals surface area contributed by atoms with Crippen molar-refractivity contribution in [2.24, 2.45) is 0 Å². The van der Waals surface area contributed by atoms with E-state index in [4.69, 9.17) is 17.0 Å². The first kappa shape index (κ1) is 19.1. The number of amides is 1. The molecule has 1 saturated heterocycles. The van der Waals surface area contributed by atoms with Crippen molar-refractivity contribution in [3.63, 3.8) is 0 Å². The van der Waals surface area contributed by atoms with Crippen LogP contribution < -0.4 is 4.74 Å². The van der Waals surface area contributed by atoms with Crippen LogP contribution in [-0.2, 0) is 11.3 Å². The summed E-state index contributed by atoms with van der Waals surface area (Å²) in [5, 5.41) is 0. The molecule has 2 aromatic carbocycles. The smallest absolute Gasteiger partial charge is 0.266 e. The van der Waals surface area contributed by atoms with Crippen molar-refractivity contribution in [1.29, 1.82) is 0 Å². The molecule has 1 aliphatic heterocycles. The largest absolute Gasteiger partial charge is 0.490 e. The van der Waals surface area contributed by atoms with Crippen LogP contribution in [0.25, 0.3) is 6.08 Å². The number of ether oxygens (including phenoxy) is 1. The molecular weight excluding hydrogens is 430 g/mol. The number of carbonyl (C=O) groups excluding carboxylic acids is 1. The molecule has 0 unspecified atom stereocenters. The van der Waals surface area contributed by atoms with E-state index in [1.54, 1.807) is 4.90 Å². The van der Waals surface area contributed by atoms with Gasteiger partial charge in [-0.25, -0.2) is 0 Å². The Labute approximate surface area is 171 Å². The Bertz CT molecular complexity index is 865. The van der Waals surface area contributed by atoms with Crippen molar-refractivity contribution >= 4 is 56.2 Å². The molecule has 26 heavy (non-hydrogen) atoms. The van der Waals surface area contributed by atoms with E-state index in [0.717, 1.165) is 21.3 Å². The number of rotatable bonds is 5. The molecule has 134 valence electrons. The molecule has 3 rings (SSSR count). The average molecular weight is 448 g/mol. The van der Waals surface area contributed by atoms with Gasteiger partial charge in [0.05, 0.1) is 22.0 Å². The summed E-state index contributed by atoms with van der Waals surface area (Å²) >= 11 is 10.3. The van der Waals surface area contributed by atoms with Gasteiger partial charge < -0.3 is 4.74 Å². The van der Waals surface area contributed by atoms with Crippen LogP contribution in [0.5, 0.6) is 5.75 Å². The van der Waals surface area contributed by atoms with Crippen LogP contribution in [0.3, 0.4) is 0 Å². The summed E-state index contributed by atoms with van der Waals surface area (Å²) in [5.74, 6) is 0.733. The van der Waals surface area contributed by atoms with Gasteiger partial charge in [0.15, 0.2) is 0 Å². The predicted octanol–water partition coefficient (Wildman–Crippen LogP) is 5.64. The Kier molecular flexibility index (Phi) is 6.16. The Balaban J connectivity index is 1.78. The van der Waals surface area contributed by atoms with Gasteiger partial charge in [0.25, 0.3) is 5.91 Å². The van der Waals surface area contributed by atoms with E-state index in [2.05, 4.69) is 15.9 Å². The van der Waals surface area contributed by atoms with Crippen molar-refractivity contribution < 1.29 is 9.53 Å². The van der Waals surface area contributed by atoms with Gasteiger partial charge in [-0.1, -0.05) is 60.4 Å². The van der Waals surface area contributed by atoms with Gasteiger partial charge in [0.1, 0.15) is 10.1 Å². The Hall–Kier alpha value is -1.63. The van der Waals surface area contributed by atoms with E-state index in [9.17, 15) is 4.79 Å². The molecule has 1 fully saturated rings. The fraction of sp³-hybridized carbons (Fsp3) is 0.200. The number of hydrogen-bond acceptors (Lipinski definition) is 4. The van der Waals surface area contributed by atoms with Crippen molar-refractivity contribution in [3.05, 3.63) is 69.0 Å². The summed E-state index contributed by atoms with van der Waals surface area (Å²) in [4.78, 5) is 15.0. The average Bonchev–Trinajstić information content (AvgIpc) is 2.85. The normalized spacial score (nSPS) is 16.0. The third-order valence-electron chi connectivity index (χ3n) is 3.67. The Morgan fingerprint density at radius 1 is 1.23 bits per heavy atom. The first-order valence-electron chi connectivity index (χ1n) is 8.19. The second kappa shape index (κ2) is 8.37. The number of carbonyl (C=O) groups is 1. The Morgan fingerprint density at radius 3 is 2.62 bits per heavy atom. The van der Waals surface area contributed by atoms with E-state index in [0.29, 0.717) is 15.8 Å². The van der Waals surface area contributed by atoms with Gasteiger partial charge in [-0.05, 0) is 59.1 Å². The minimum atomic E-state index is -0.0533. The SMILES string of the molecule is CC(C)Oc1ccc(/C=C2/SC(=S)N(Cc3ccccc3)C2=O)cc1Br. The number of thioether (sulfide) groups is 1. The van der Waals surface area contributed by atoms with Gasteiger partial charge in [-0.15, -0.1) is 0 Å². The van der Waals surface area contributed by atoms with Crippen LogP contribution >= 0.6 is 39.9 Å². The van der Waals surface area contributed by atoms with Gasteiger partial charge in [-0.3, -0.25) is 9.69 Å². The van der Waals surface area contributed by atoms with E-state index < -0.39 is 0 Å². The van der Waals surface area contributed by atoms with Crippen molar-refractivity contribution in [2.45, 2.75) is 26.5 Å². The fourth-order valence-electron chi connectivity index (χ4n) is 2.51. The van der Waals surface area contributed by atoms with Crippen molar-refractivity contribution in [2.75, 3.05) is 0 Å². The lowest BCUT2D eigenvalue weighted by Crippen LogP contribution is -2.27. The summed E-state index contributed by atoms with van der Waals surface area (Å²) < 4.78 is 7.17. The molecule has 1 amide bonds. The molecule has 6 heteroatoms. The quantitative estimate of drug-likeness (QED) is 0.438. The molecule has 1 aliphatic rings. The van der Waals surface area contributed by atoms with Crippen LogP contribution in [-0.4, -0.2) is 21.2 Å². The number of thiocarbonyl (C=S) groups is 1. The third kappa shape index (κ3) is 4.55. The molecule has 0 aliphatic carbocycles. The molecular formula is C20H18BrNO2S2. The lowest BCUT2D eigenvalue weighted by molar-refractivity contribution is -0.122. The summed E-state index contributed by atoms with van der Waals surface area (Å²) in [7, 11) is 0. The molecule has 0 saturated carbocycles. The molecule has 1 heterocycles. The van der Waals surface area contributed by atoms with Gasteiger partial charge in [-0.2, -0.15) is 0 Å². The Morgan fingerprint density at radius 2 is 1.96 bits per heavy atom. The van der Waals surface area contributed by atoms with Crippen LogP contribution in [0.4, 0.5) is 0 Å². The van der Waals surface area contributed by atoms with E-state index >= 15 is 0 Å². The zero-order chi connectivity index (χ0) is 18.7. The molecule has 0 aromatic heterocycles. The first-order valence-corrected chi connectivity index (χ1v) is 10.2. The molecule has 0 atom stereocenters. The second-order valence-corrected chi connectivity index (χ2v) is 8.64. The maximum absolute atomic E-state index is 12.7. The third-order valence-corrected chi connectivity index (χ3v) is 5.67. The standard InChI is InChI=1S/C20H18BrNO2S2/c1-13(2)24-17-9-8-15(10-16(17)21)11-18-19(23)22(20(25)26-18)12-14-6-4-3-5-7-14/h3-11,13H,12H2,1-2H3/b18-11+. The van der Waals surface area contributed by atoms with E-state index in [1.807, 2.05) is 68.5 Å². The predicted molar refractivity (Wildman–Crippen MR) is 115 cm³/mol. The fourth-order valence-corrected chi connectivity index (χ4v) is 4.26. The number of nitrogens with zero attached hydrogens (tertiary/aromatic N) is 1. The second-order valence-electron chi connectivity index (χ2n) is 6.11. The maximum Gasteiger partial charge on any atom is 0.266 e. The van der Waals surface area contributed by atoms with Crippen LogP contribution in [0, 0.1) is 0 Å². The highest BCUT2D eigenvalue weighted by Gasteiger charge is 2.31. The molecule has 0 spiro atoms. The van der Waals surface area contributed by atoms with E-state index in [1.165, 1.54) is 11.8 Å². The van der Waals surface area contributed by atoms with E-state index in [-0.39, 0.29) is 12.0 Å². The highest BCUT2D eigenvalue weighted by molar-refractivity contribution is 9.10. The maximum atomic E-state index is 12.7. The molecule has 0 radical (unpaired) electrons. The first-order chi connectivity index (χ1) is 12.4. The number of benzene rings is 2. The zero-order valence-electron chi connectivity index (χ0n) is 14.4. The van der Waals surface area contributed by atoms with Gasteiger partial charge in [0, 0.05) is 0 Å². The molecule has 2 aromatic rings. The lowest BCUT2D eigenvalue weighted by Gasteiger charge is -2.14.